The minimum absolute atomic E-state index is 0.0232. The summed E-state index contributed by atoms with van der Waals surface area (Å²) in [6.45, 7) is 0. The number of hydrogen-bond acceptors (Lipinski definition) is 6. The van der Waals surface area contributed by atoms with Crippen molar-refractivity contribution >= 4 is 35.1 Å². The molecule has 2 atom stereocenters. The average Bonchev–Trinajstić information content (AvgIpc) is 2.74. The quantitative estimate of drug-likeness (QED) is 0.725. The number of amides is 2. The van der Waals surface area contributed by atoms with Crippen LogP contribution < -0.4 is 20.8 Å². The number of anilines is 2. The summed E-state index contributed by atoms with van der Waals surface area (Å²) in [5.41, 5.74) is 0.999. The van der Waals surface area contributed by atoms with Crippen molar-refractivity contribution in [2.45, 2.75) is 25.7 Å². The van der Waals surface area contributed by atoms with Crippen LogP contribution in [0.25, 0.3) is 0 Å². The highest BCUT2D eigenvalue weighted by Crippen LogP contribution is 2.31. The molecule has 0 aliphatic heterocycles. The highest BCUT2D eigenvalue weighted by molar-refractivity contribution is 5.96. The molecule has 2 aromatic rings. The smallest absolute Gasteiger partial charge is 0.227 e. The number of rotatable bonds is 6. The molecule has 0 spiro atoms. The molecular weight excluding hydrogens is 388 g/mol. The molecule has 1 fully saturated rings. The fourth-order valence-corrected chi connectivity index (χ4v) is 3.53. The van der Waals surface area contributed by atoms with Crippen LogP contribution in [0.5, 0.6) is 0 Å². The summed E-state index contributed by atoms with van der Waals surface area (Å²) in [6.07, 6.45) is 2.44. The van der Waals surface area contributed by atoms with Gasteiger partial charge in [0.2, 0.25) is 11.8 Å². The van der Waals surface area contributed by atoms with Crippen LogP contribution in [0.15, 0.2) is 48.5 Å². The first-order chi connectivity index (χ1) is 14.3. The molecule has 30 heavy (non-hydrogen) atoms. The Morgan fingerprint density at radius 1 is 0.667 bits per heavy atom. The lowest BCUT2D eigenvalue weighted by atomic mass is 9.80. The van der Waals surface area contributed by atoms with Gasteiger partial charge in [-0.15, -0.1) is 0 Å². The van der Waals surface area contributed by atoms with E-state index in [1.54, 1.807) is 0 Å². The van der Waals surface area contributed by atoms with Crippen molar-refractivity contribution in [1.29, 1.82) is 0 Å². The van der Waals surface area contributed by atoms with Gasteiger partial charge in [0.15, 0.2) is 0 Å². The fourth-order valence-electron chi connectivity index (χ4n) is 3.53. The number of carbonyl (C=O) groups is 4. The summed E-state index contributed by atoms with van der Waals surface area (Å²) < 4.78 is 0. The highest BCUT2D eigenvalue weighted by Gasteiger charge is 2.31. The Labute approximate surface area is 172 Å². The minimum atomic E-state index is -1.29. The molecule has 0 aromatic heterocycles. The molecule has 0 radical (unpaired) electrons. The van der Waals surface area contributed by atoms with Crippen molar-refractivity contribution in [3.05, 3.63) is 59.7 Å². The second-order valence-electron chi connectivity index (χ2n) is 7.27. The summed E-state index contributed by atoms with van der Waals surface area (Å²) in [5, 5.41) is 27.1. The molecule has 0 saturated heterocycles. The molecule has 2 aromatic carbocycles. The first kappa shape index (κ1) is 21.0. The molecule has 1 aliphatic rings. The molecule has 2 N–H and O–H groups in total. The van der Waals surface area contributed by atoms with E-state index in [1.807, 2.05) is 0 Å². The van der Waals surface area contributed by atoms with E-state index in [-0.39, 0.29) is 34.8 Å². The van der Waals surface area contributed by atoms with Gasteiger partial charge in [-0.05, 0) is 54.7 Å². The fraction of sp³-hybridized carbons (Fsp3) is 0.273. The maximum Gasteiger partial charge on any atom is 0.227 e. The van der Waals surface area contributed by atoms with E-state index >= 15 is 0 Å². The van der Waals surface area contributed by atoms with Crippen LogP contribution in [0.1, 0.15) is 46.4 Å². The van der Waals surface area contributed by atoms with Crippen molar-refractivity contribution in [3.63, 3.8) is 0 Å². The van der Waals surface area contributed by atoms with Crippen LogP contribution in [0.3, 0.4) is 0 Å². The molecule has 1 aliphatic carbocycles. The lowest BCUT2D eigenvalue weighted by Gasteiger charge is -2.27. The number of hydrogen-bond donors (Lipinski definition) is 2. The lowest BCUT2D eigenvalue weighted by Crippen LogP contribution is -2.33. The predicted octanol–water partition coefficient (Wildman–Crippen LogP) is 0.797. The zero-order chi connectivity index (χ0) is 21.7. The van der Waals surface area contributed by atoms with Gasteiger partial charge in [0.1, 0.15) is 0 Å². The molecule has 8 nitrogen and oxygen atoms in total. The topological polar surface area (TPSA) is 138 Å². The van der Waals surface area contributed by atoms with E-state index in [0.29, 0.717) is 30.6 Å². The van der Waals surface area contributed by atoms with Crippen LogP contribution in [0, 0.1) is 11.8 Å². The Hall–Kier alpha value is -3.68. The van der Waals surface area contributed by atoms with Crippen LogP contribution in [0.2, 0.25) is 0 Å². The van der Waals surface area contributed by atoms with Crippen LogP contribution in [0.4, 0.5) is 11.4 Å². The summed E-state index contributed by atoms with van der Waals surface area (Å²) in [6, 6.07) is 11.4. The Balaban J connectivity index is 1.57. The normalized spacial score (nSPS) is 18.3. The number of carbonyl (C=O) groups excluding carboxylic acids is 4. The molecule has 0 heterocycles. The summed E-state index contributed by atoms with van der Waals surface area (Å²) in [4.78, 5) is 46.8. The van der Waals surface area contributed by atoms with Crippen molar-refractivity contribution in [2.75, 3.05) is 10.6 Å². The maximum atomic E-state index is 12.6. The third kappa shape index (κ3) is 5.22. The summed E-state index contributed by atoms with van der Waals surface area (Å²) >= 11 is 0. The third-order valence-corrected chi connectivity index (χ3v) is 5.19. The average molecular weight is 408 g/mol. The van der Waals surface area contributed by atoms with Gasteiger partial charge < -0.3 is 30.4 Å². The molecule has 0 bridgehead atoms. The second kappa shape index (κ2) is 9.21. The number of nitrogens with one attached hydrogen (secondary N) is 2. The largest absolute Gasteiger partial charge is 0.545 e. The van der Waals surface area contributed by atoms with Gasteiger partial charge in [-0.1, -0.05) is 30.7 Å². The lowest BCUT2D eigenvalue weighted by molar-refractivity contribution is -0.256. The first-order valence-electron chi connectivity index (χ1n) is 9.58. The highest BCUT2D eigenvalue weighted by atomic mass is 16.4. The molecule has 8 heteroatoms. The van der Waals surface area contributed by atoms with Crippen molar-refractivity contribution in [1.82, 2.24) is 0 Å². The Morgan fingerprint density at radius 2 is 1.03 bits per heavy atom. The number of benzene rings is 2. The van der Waals surface area contributed by atoms with Crippen molar-refractivity contribution in [3.8, 4) is 0 Å². The van der Waals surface area contributed by atoms with Crippen LogP contribution >= 0.6 is 0 Å². The Bertz CT molecular complexity index is 875. The van der Waals surface area contributed by atoms with E-state index in [1.165, 1.54) is 48.5 Å². The number of aromatic carboxylic acids is 2. The second-order valence-corrected chi connectivity index (χ2v) is 7.27. The van der Waals surface area contributed by atoms with Gasteiger partial charge in [0.05, 0.1) is 11.9 Å². The van der Waals surface area contributed by atoms with Gasteiger partial charge in [0.25, 0.3) is 0 Å². The van der Waals surface area contributed by atoms with Gasteiger partial charge in [-0.25, -0.2) is 0 Å². The molecule has 0 unspecified atom stereocenters. The van der Waals surface area contributed by atoms with Gasteiger partial charge in [0, 0.05) is 23.2 Å². The van der Waals surface area contributed by atoms with E-state index in [0.717, 1.165) is 6.42 Å². The van der Waals surface area contributed by atoms with Crippen LogP contribution in [-0.4, -0.2) is 23.8 Å². The van der Waals surface area contributed by atoms with Crippen molar-refractivity contribution < 1.29 is 29.4 Å². The molecule has 3 rings (SSSR count). The standard InChI is InChI=1S/C22H22N2O6/c25-19(23-17-8-4-13(5-9-17)21(27)28)15-2-1-3-16(12-15)20(26)24-18-10-6-14(7-11-18)22(29)30/h4-11,15-16H,1-3,12H2,(H,23,25)(H,24,26)(H,27,28)(H,29,30)/p-2/t15-,16-/m1/s1. The van der Waals surface area contributed by atoms with Gasteiger partial charge in [-0.2, -0.15) is 0 Å². The molecule has 156 valence electrons. The minimum Gasteiger partial charge on any atom is -0.545 e. The monoisotopic (exact) mass is 408 g/mol. The Morgan fingerprint density at radius 3 is 1.37 bits per heavy atom. The third-order valence-electron chi connectivity index (χ3n) is 5.19. The first-order valence-corrected chi connectivity index (χ1v) is 9.58. The molecular formula is C22H20N2O6-2. The van der Waals surface area contributed by atoms with E-state index in [9.17, 15) is 29.4 Å². The molecule has 2 amide bonds. The number of carboxylic acid groups (broad SMARTS) is 2. The van der Waals surface area contributed by atoms with Gasteiger partial charge >= 0.3 is 0 Å². The van der Waals surface area contributed by atoms with Crippen LogP contribution in [-0.2, 0) is 9.59 Å². The number of carboxylic acids is 2. The SMILES string of the molecule is O=C([O-])c1ccc(NC(=O)[C@@H]2CCC[C@@H](C(=O)Nc3ccc(C(=O)[O-])cc3)C2)cc1. The Kier molecular flexibility index (Phi) is 6.46. The summed E-state index contributed by atoms with van der Waals surface area (Å²) in [5.74, 6) is -3.68. The van der Waals surface area contributed by atoms with Crippen molar-refractivity contribution in [2.24, 2.45) is 11.8 Å². The maximum absolute atomic E-state index is 12.6. The van der Waals surface area contributed by atoms with E-state index in [2.05, 4.69) is 10.6 Å². The van der Waals surface area contributed by atoms with E-state index in [4.69, 9.17) is 0 Å². The van der Waals surface area contributed by atoms with E-state index < -0.39 is 11.9 Å². The summed E-state index contributed by atoms with van der Waals surface area (Å²) in [7, 11) is 0. The van der Waals surface area contributed by atoms with Gasteiger partial charge in [-0.3, -0.25) is 9.59 Å². The predicted molar refractivity (Wildman–Crippen MR) is 104 cm³/mol. The zero-order valence-corrected chi connectivity index (χ0v) is 16.1. The molecule has 1 saturated carbocycles. The zero-order valence-electron chi connectivity index (χ0n) is 16.1.